The summed E-state index contributed by atoms with van der Waals surface area (Å²) in [5, 5.41) is 14.2. The summed E-state index contributed by atoms with van der Waals surface area (Å²) in [4.78, 5) is 10.4. The fourth-order valence-corrected chi connectivity index (χ4v) is 8.20. The quantitative estimate of drug-likeness (QED) is 0.193. The van der Waals surface area contributed by atoms with E-state index in [0.29, 0.717) is 5.56 Å². The number of phenols is 1. The number of pyridine rings is 2. The Balaban J connectivity index is 1.42. The van der Waals surface area contributed by atoms with Crippen molar-refractivity contribution in [3.05, 3.63) is 185 Å². The maximum absolute atomic E-state index is 11.1. The molecule has 9 rings (SSSR count). The molecule has 240 valence electrons. The molecule has 0 radical (unpaired) electrons. The summed E-state index contributed by atoms with van der Waals surface area (Å²) in [6.45, 7) is 6.50. The zero-order valence-electron chi connectivity index (χ0n) is 28.1. The fraction of sp³-hybridized carbons (Fsp3) is 0.0870. The van der Waals surface area contributed by atoms with Crippen molar-refractivity contribution in [2.75, 3.05) is 0 Å². The topological polar surface area (TPSA) is 55.2 Å². The highest BCUT2D eigenvalue weighted by Crippen LogP contribution is 2.55. The van der Waals surface area contributed by atoms with Gasteiger partial charge >= 0.3 is 0 Å². The number of ether oxygens (including phenoxy) is 1. The van der Waals surface area contributed by atoms with E-state index in [4.69, 9.17) is 14.7 Å². The predicted molar refractivity (Wildman–Crippen MR) is 202 cm³/mol. The van der Waals surface area contributed by atoms with Crippen LogP contribution in [0.1, 0.15) is 39.1 Å². The third kappa shape index (κ3) is 4.45. The van der Waals surface area contributed by atoms with Crippen LogP contribution < -0.4 is 4.74 Å². The normalized spacial score (nSPS) is 13.1. The molecule has 50 heavy (non-hydrogen) atoms. The summed E-state index contributed by atoms with van der Waals surface area (Å²) in [5.74, 6) is 1.82. The Labute approximate surface area is 291 Å². The summed E-state index contributed by atoms with van der Waals surface area (Å²) in [6, 6.07) is 47.9. The molecule has 0 unspecified atom stereocenters. The Morgan fingerprint density at radius 1 is 0.600 bits per heavy atom. The third-order valence-electron chi connectivity index (χ3n) is 10.2. The highest BCUT2D eigenvalue weighted by molar-refractivity contribution is 6.11. The number of aryl methyl sites for hydroxylation is 3. The summed E-state index contributed by atoms with van der Waals surface area (Å²) >= 11 is 0. The second kappa shape index (κ2) is 11.4. The van der Waals surface area contributed by atoms with Gasteiger partial charge in [-0.05, 0) is 103 Å². The lowest BCUT2D eigenvalue weighted by atomic mass is 9.65. The number of hydrogen-bond donors (Lipinski definition) is 1. The molecule has 3 heterocycles. The maximum atomic E-state index is 11.1. The van der Waals surface area contributed by atoms with Crippen molar-refractivity contribution < 1.29 is 9.84 Å². The molecule has 4 heteroatoms. The van der Waals surface area contributed by atoms with Crippen LogP contribution in [0.4, 0.5) is 0 Å². The van der Waals surface area contributed by atoms with Crippen molar-refractivity contribution in [2.45, 2.75) is 26.2 Å². The maximum Gasteiger partial charge on any atom is 0.132 e. The molecule has 0 atom stereocenters. The zero-order chi connectivity index (χ0) is 34.0. The molecule has 0 saturated carbocycles. The van der Waals surface area contributed by atoms with Gasteiger partial charge in [-0.2, -0.15) is 0 Å². The average molecular weight is 647 g/mol. The molecule has 1 aliphatic heterocycles. The van der Waals surface area contributed by atoms with E-state index in [1.807, 2.05) is 54.7 Å². The van der Waals surface area contributed by atoms with Crippen molar-refractivity contribution in [1.29, 1.82) is 0 Å². The molecule has 1 N–H and O–H groups in total. The van der Waals surface area contributed by atoms with Gasteiger partial charge in [-0.1, -0.05) is 96.6 Å². The first-order chi connectivity index (χ1) is 24.4. The smallest absolute Gasteiger partial charge is 0.132 e. The minimum atomic E-state index is -0.759. The van der Waals surface area contributed by atoms with Crippen LogP contribution in [0.15, 0.2) is 146 Å². The number of fused-ring (bicyclic) bond motifs is 5. The molecule has 0 bridgehead atoms. The lowest BCUT2D eigenvalue weighted by Gasteiger charge is -2.40. The lowest BCUT2D eigenvalue weighted by Crippen LogP contribution is -2.35. The fourth-order valence-electron chi connectivity index (χ4n) is 8.20. The third-order valence-corrected chi connectivity index (χ3v) is 10.2. The largest absolute Gasteiger partial charge is 0.507 e. The average Bonchev–Trinajstić information content (AvgIpc) is 3.13. The molecular weight excluding hydrogens is 613 g/mol. The van der Waals surface area contributed by atoms with E-state index >= 15 is 0 Å². The molecule has 4 nitrogen and oxygen atoms in total. The van der Waals surface area contributed by atoms with Crippen LogP contribution in [0.2, 0.25) is 0 Å². The van der Waals surface area contributed by atoms with Gasteiger partial charge in [0.2, 0.25) is 0 Å². The van der Waals surface area contributed by atoms with Crippen LogP contribution in [0.5, 0.6) is 17.2 Å². The van der Waals surface area contributed by atoms with Gasteiger partial charge in [0.25, 0.3) is 0 Å². The Hall–Kier alpha value is -6.26. The predicted octanol–water partition coefficient (Wildman–Crippen LogP) is 11.2. The highest BCUT2D eigenvalue weighted by atomic mass is 16.5. The van der Waals surface area contributed by atoms with Crippen molar-refractivity contribution >= 4 is 21.7 Å². The number of rotatable bonds is 4. The minimum absolute atomic E-state index is 0.202. The number of aromatic hydroxyl groups is 1. The lowest BCUT2D eigenvalue weighted by molar-refractivity contribution is 0.432. The van der Waals surface area contributed by atoms with Gasteiger partial charge in [0.05, 0.1) is 22.3 Å². The number of hydrogen-bond acceptors (Lipinski definition) is 4. The van der Waals surface area contributed by atoms with E-state index < -0.39 is 5.41 Å². The van der Waals surface area contributed by atoms with E-state index in [0.717, 1.165) is 66.8 Å². The van der Waals surface area contributed by atoms with Crippen LogP contribution in [0.3, 0.4) is 0 Å². The number of para-hydroxylation sites is 3. The van der Waals surface area contributed by atoms with Crippen LogP contribution >= 0.6 is 0 Å². The number of benzene rings is 6. The summed E-state index contributed by atoms with van der Waals surface area (Å²) in [7, 11) is 0. The molecule has 8 aromatic rings. The Morgan fingerprint density at radius 2 is 1.26 bits per heavy atom. The second-order valence-corrected chi connectivity index (χ2v) is 13.3. The molecule has 0 saturated heterocycles. The van der Waals surface area contributed by atoms with Gasteiger partial charge in [-0.15, -0.1) is 0 Å². The van der Waals surface area contributed by atoms with Crippen molar-refractivity contribution in [2.24, 2.45) is 0 Å². The molecule has 0 amide bonds. The van der Waals surface area contributed by atoms with E-state index in [2.05, 4.69) is 106 Å². The van der Waals surface area contributed by atoms with Crippen LogP contribution in [0.25, 0.3) is 44.1 Å². The van der Waals surface area contributed by atoms with Gasteiger partial charge < -0.3 is 9.84 Å². The number of phenolic OH excluding ortho intramolecular Hbond substituents is 1. The van der Waals surface area contributed by atoms with E-state index in [1.165, 1.54) is 22.3 Å². The minimum Gasteiger partial charge on any atom is -0.507 e. The summed E-state index contributed by atoms with van der Waals surface area (Å²) in [6.07, 6.45) is 1.87. The highest BCUT2D eigenvalue weighted by Gasteiger charge is 2.46. The molecule has 1 aliphatic rings. The van der Waals surface area contributed by atoms with Crippen molar-refractivity contribution in [3.63, 3.8) is 0 Å². The van der Waals surface area contributed by atoms with Crippen LogP contribution in [0, 0.1) is 20.8 Å². The summed E-state index contributed by atoms with van der Waals surface area (Å²) in [5.41, 5.74) is 11.5. The van der Waals surface area contributed by atoms with E-state index in [9.17, 15) is 5.11 Å². The zero-order valence-corrected chi connectivity index (χ0v) is 28.1. The Morgan fingerprint density at radius 3 is 1.96 bits per heavy atom. The second-order valence-electron chi connectivity index (χ2n) is 13.3. The van der Waals surface area contributed by atoms with E-state index in [-0.39, 0.29) is 5.75 Å². The van der Waals surface area contributed by atoms with Crippen molar-refractivity contribution in [3.8, 4) is 39.6 Å². The van der Waals surface area contributed by atoms with Gasteiger partial charge in [0, 0.05) is 33.7 Å². The van der Waals surface area contributed by atoms with Gasteiger partial charge in [-0.3, -0.25) is 4.98 Å². The number of nitrogens with zero attached hydrogens (tertiary/aromatic N) is 2. The van der Waals surface area contributed by atoms with Gasteiger partial charge in [0.15, 0.2) is 0 Å². The first-order valence-electron chi connectivity index (χ1n) is 17.0. The molecular formula is C46H34N2O2. The van der Waals surface area contributed by atoms with E-state index in [1.54, 1.807) is 6.07 Å². The first kappa shape index (κ1) is 29.8. The SMILES string of the molecule is Cc1cc(C)c(-c2cc(-c3ccccc3O)nc3c2ccc2ccc(C4(c5ccccn5)c5ccccc5Oc5ccccc54)cc23)c(C)c1. The monoisotopic (exact) mass is 646 g/mol. The molecule has 0 spiro atoms. The van der Waals surface area contributed by atoms with Crippen LogP contribution in [-0.4, -0.2) is 15.1 Å². The number of aromatic nitrogens is 2. The summed E-state index contributed by atoms with van der Waals surface area (Å²) < 4.78 is 6.54. The standard InChI is InChI=1S/C46H34N2O2/c1-28-24-29(2)44(30(3)25-28)36-27-39(34-12-4-7-15-40(34)49)48-45-33(36)22-20-31-19-21-32(26-35(31)45)46(43-18-10-11-23-47-43)37-13-5-8-16-41(37)50-42-17-9-6-14-38(42)46/h4-27,49H,1-3H3. The molecule has 0 aliphatic carbocycles. The molecule has 2 aromatic heterocycles. The van der Waals surface area contributed by atoms with Crippen molar-refractivity contribution in [1.82, 2.24) is 9.97 Å². The first-order valence-corrected chi connectivity index (χ1v) is 17.0. The molecule has 0 fully saturated rings. The van der Waals surface area contributed by atoms with Crippen LogP contribution in [-0.2, 0) is 5.41 Å². The Bertz CT molecular complexity index is 2560. The Kier molecular flexibility index (Phi) is 6.82. The molecule has 6 aromatic carbocycles. The van der Waals surface area contributed by atoms with Gasteiger partial charge in [-0.25, -0.2) is 4.98 Å². The van der Waals surface area contributed by atoms with Gasteiger partial charge in [0.1, 0.15) is 17.2 Å².